The molecule has 1 aliphatic carbocycles. The number of anilines is 3. The summed E-state index contributed by atoms with van der Waals surface area (Å²) in [6.45, 7) is 1.68. The van der Waals surface area contributed by atoms with Gasteiger partial charge >= 0.3 is 0 Å². The van der Waals surface area contributed by atoms with Crippen molar-refractivity contribution in [1.82, 2.24) is 19.5 Å². The van der Waals surface area contributed by atoms with Crippen LogP contribution in [0, 0.1) is 17.6 Å². The fraction of sp³-hybridized carbons (Fsp3) is 0.429. The Hall–Kier alpha value is -3.34. The van der Waals surface area contributed by atoms with Crippen LogP contribution in [0.25, 0.3) is 11.2 Å². The highest BCUT2D eigenvalue weighted by molar-refractivity contribution is 5.78. The summed E-state index contributed by atoms with van der Waals surface area (Å²) in [6, 6.07) is 3.24. The number of nitrogens with zero attached hydrogens (tertiary/aromatic N) is 4. The number of fused-ring (bicyclic) bond motifs is 1. The molecule has 1 saturated carbocycles. The van der Waals surface area contributed by atoms with Crippen LogP contribution in [0.4, 0.5) is 26.4 Å². The molecule has 0 saturated heterocycles. The normalized spacial score (nSPS) is 19.6. The van der Waals surface area contributed by atoms with Crippen molar-refractivity contribution in [3.8, 4) is 0 Å². The average molecular weight is 445 g/mol. The molecular formula is C21H25F2N7O2. The fourth-order valence-electron chi connectivity index (χ4n) is 4.01. The molecule has 0 bridgehead atoms. The van der Waals surface area contributed by atoms with E-state index in [0.29, 0.717) is 42.8 Å². The second-order valence-electron chi connectivity index (χ2n) is 8.07. The standard InChI is InChI=1S/C21H25F2N7O2/c1-11(10-31)26-20-25-9-16-19(29-20)30(13-7-5-12(6-8-13)18(24)32)21(27-16)28-17-14(22)3-2-4-15(17)23/h2-4,9,11-13,31H,5-8,10H2,1H3,(H2,24,32)(H,27,28)(H,25,26,29)/t11?,12-,13+. The number of rotatable bonds is 7. The molecule has 0 radical (unpaired) electrons. The highest BCUT2D eigenvalue weighted by Gasteiger charge is 2.29. The van der Waals surface area contributed by atoms with Crippen molar-refractivity contribution < 1.29 is 18.7 Å². The summed E-state index contributed by atoms with van der Waals surface area (Å²) in [7, 11) is 0. The Morgan fingerprint density at radius 2 is 1.94 bits per heavy atom. The average Bonchev–Trinajstić information content (AvgIpc) is 3.13. The number of aliphatic hydroxyl groups excluding tert-OH is 1. The Bertz CT molecular complexity index is 1110. The van der Waals surface area contributed by atoms with Crippen LogP contribution in [-0.4, -0.2) is 43.2 Å². The molecule has 1 aromatic carbocycles. The second-order valence-corrected chi connectivity index (χ2v) is 8.07. The van der Waals surface area contributed by atoms with Gasteiger partial charge in [0.2, 0.25) is 17.8 Å². The zero-order valence-corrected chi connectivity index (χ0v) is 17.6. The Balaban J connectivity index is 1.76. The number of carbonyl (C=O) groups is 1. The SMILES string of the molecule is CC(CO)Nc1ncc2nc(Nc3c(F)cccc3F)n([C@H]3CC[C@@H](C(N)=O)CC3)c2n1. The molecule has 1 aliphatic rings. The molecule has 1 unspecified atom stereocenters. The molecule has 170 valence electrons. The van der Waals surface area contributed by atoms with E-state index in [1.54, 1.807) is 11.5 Å². The lowest BCUT2D eigenvalue weighted by atomic mass is 9.85. The van der Waals surface area contributed by atoms with E-state index in [0.717, 1.165) is 12.1 Å². The van der Waals surface area contributed by atoms with Gasteiger partial charge in [-0.15, -0.1) is 0 Å². The maximum absolute atomic E-state index is 14.3. The van der Waals surface area contributed by atoms with Crippen molar-refractivity contribution in [1.29, 1.82) is 0 Å². The van der Waals surface area contributed by atoms with Gasteiger partial charge < -0.3 is 21.5 Å². The molecule has 1 amide bonds. The quantitative estimate of drug-likeness (QED) is 0.440. The third kappa shape index (κ3) is 4.33. The van der Waals surface area contributed by atoms with E-state index < -0.39 is 11.6 Å². The lowest BCUT2D eigenvalue weighted by Crippen LogP contribution is -2.29. The lowest BCUT2D eigenvalue weighted by Gasteiger charge is -2.29. The molecule has 2 heterocycles. The van der Waals surface area contributed by atoms with E-state index in [1.165, 1.54) is 12.3 Å². The van der Waals surface area contributed by atoms with Crippen LogP contribution < -0.4 is 16.4 Å². The van der Waals surface area contributed by atoms with Crippen LogP contribution in [0.1, 0.15) is 38.6 Å². The van der Waals surface area contributed by atoms with Crippen molar-refractivity contribution in [2.75, 3.05) is 17.2 Å². The summed E-state index contributed by atoms with van der Waals surface area (Å²) < 4.78 is 30.4. The van der Waals surface area contributed by atoms with E-state index >= 15 is 0 Å². The number of hydrogen-bond acceptors (Lipinski definition) is 7. The van der Waals surface area contributed by atoms with Crippen molar-refractivity contribution in [3.05, 3.63) is 36.0 Å². The molecule has 0 aliphatic heterocycles. The summed E-state index contributed by atoms with van der Waals surface area (Å²) in [4.78, 5) is 24.8. The van der Waals surface area contributed by atoms with E-state index in [2.05, 4.69) is 25.6 Å². The predicted octanol–water partition coefficient (Wildman–Crippen LogP) is 2.86. The number of halogens is 2. The molecule has 4 rings (SSSR count). The number of aromatic nitrogens is 4. The molecule has 1 fully saturated rings. The summed E-state index contributed by atoms with van der Waals surface area (Å²) in [6.07, 6.45) is 3.99. The number of primary amides is 1. The zero-order chi connectivity index (χ0) is 22.8. The van der Waals surface area contributed by atoms with Gasteiger partial charge in [-0.1, -0.05) is 6.07 Å². The first kappa shape index (κ1) is 21.9. The topological polar surface area (TPSA) is 131 Å². The van der Waals surface area contributed by atoms with Gasteiger partial charge in [0, 0.05) is 18.0 Å². The van der Waals surface area contributed by atoms with Gasteiger partial charge in [0.05, 0.1) is 12.8 Å². The number of benzene rings is 1. The Morgan fingerprint density at radius 3 is 2.56 bits per heavy atom. The molecule has 1 atom stereocenters. The third-order valence-electron chi connectivity index (χ3n) is 5.75. The number of nitrogens with two attached hydrogens (primary N) is 1. The van der Waals surface area contributed by atoms with Gasteiger partial charge in [-0.25, -0.2) is 18.7 Å². The largest absolute Gasteiger partial charge is 0.394 e. The van der Waals surface area contributed by atoms with Gasteiger partial charge in [-0.2, -0.15) is 4.98 Å². The van der Waals surface area contributed by atoms with Crippen molar-refractivity contribution in [3.63, 3.8) is 0 Å². The number of para-hydroxylation sites is 1. The third-order valence-corrected chi connectivity index (χ3v) is 5.75. The Morgan fingerprint density at radius 1 is 1.25 bits per heavy atom. The fourth-order valence-corrected chi connectivity index (χ4v) is 4.01. The first-order valence-corrected chi connectivity index (χ1v) is 10.5. The van der Waals surface area contributed by atoms with Gasteiger partial charge in [0.15, 0.2) is 5.65 Å². The second kappa shape index (κ2) is 9.03. The first-order valence-electron chi connectivity index (χ1n) is 10.5. The number of aliphatic hydroxyl groups is 1. The number of amides is 1. The molecule has 5 N–H and O–H groups in total. The Kier molecular flexibility index (Phi) is 6.17. The highest BCUT2D eigenvalue weighted by atomic mass is 19.1. The molecule has 9 nitrogen and oxygen atoms in total. The molecule has 0 spiro atoms. The van der Waals surface area contributed by atoms with Crippen LogP contribution in [-0.2, 0) is 4.79 Å². The van der Waals surface area contributed by atoms with E-state index in [9.17, 15) is 18.7 Å². The molecule has 11 heteroatoms. The van der Waals surface area contributed by atoms with Gasteiger partial charge in [0.25, 0.3) is 0 Å². The van der Waals surface area contributed by atoms with Crippen molar-refractivity contribution in [2.45, 2.75) is 44.7 Å². The van der Waals surface area contributed by atoms with Gasteiger partial charge in [-0.3, -0.25) is 9.36 Å². The zero-order valence-electron chi connectivity index (χ0n) is 17.6. The van der Waals surface area contributed by atoms with Gasteiger partial charge in [0.1, 0.15) is 22.8 Å². The minimum absolute atomic E-state index is 0.100. The minimum Gasteiger partial charge on any atom is -0.394 e. The molecule has 2 aromatic heterocycles. The van der Waals surface area contributed by atoms with E-state index in [1.807, 2.05) is 0 Å². The van der Waals surface area contributed by atoms with E-state index in [-0.39, 0.29) is 42.2 Å². The van der Waals surface area contributed by atoms with Crippen LogP contribution >= 0.6 is 0 Å². The minimum atomic E-state index is -0.744. The van der Waals surface area contributed by atoms with Crippen LogP contribution in [0.2, 0.25) is 0 Å². The molecular weight excluding hydrogens is 420 g/mol. The maximum Gasteiger partial charge on any atom is 0.225 e. The van der Waals surface area contributed by atoms with Crippen molar-refractivity contribution >= 4 is 34.7 Å². The van der Waals surface area contributed by atoms with Crippen LogP contribution in [0.5, 0.6) is 0 Å². The van der Waals surface area contributed by atoms with E-state index in [4.69, 9.17) is 5.73 Å². The molecule has 3 aromatic rings. The summed E-state index contributed by atoms with van der Waals surface area (Å²) in [5, 5.41) is 15.1. The maximum atomic E-state index is 14.3. The highest BCUT2D eigenvalue weighted by Crippen LogP contribution is 2.37. The number of imidazole rings is 1. The predicted molar refractivity (Wildman–Crippen MR) is 115 cm³/mol. The van der Waals surface area contributed by atoms with Gasteiger partial charge in [-0.05, 0) is 44.7 Å². The van der Waals surface area contributed by atoms with Crippen LogP contribution in [0.15, 0.2) is 24.4 Å². The monoisotopic (exact) mass is 445 g/mol. The van der Waals surface area contributed by atoms with Crippen LogP contribution in [0.3, 0.4) is 0 Å². The Labute approximate surface area is 183 Å². The smallest absolute Gasteiger partial charge is 0.225 e. The number of nitrogens with one attached hydrogen (secondary N) is 2. The number of carbonyl (C=O) groups excluding carboxylic acids is 1. The number of hydrogen-bond donors (Lipinski definition) is 4. The molecule has 32 heavy (non-hydrogen) atoms. The summed E-state index contributed by atoms with van der Waals surface area (Å²) in [5.41, 5.74) is 6.08. The first-order chi connectivity index (χ1) is 15.4. The lowest BCUT2D eigenvalue weighted by molar-refractivity contribution is -0.122. The summed E-state index contributed by atoms with van der Waals surface area (Å²) >= 11 is 0. The van der Waals surface area contributed by atoms with Crippen molar-refractivity contribution in [2.24, 2.45) is 11.7 Å². The summed E-state index contributed by atoms with van der Waals surface area (Å²) in [5.74, 6) is -1.48.